The topological polar surface area (TPSA) is 108 Å². The van der Waals surface area contributed by atoms with Crippen molar-refractivity contribution in [1.82, 2.24) is 20.9 Å². The zero-order valence-corrected chi connectivity index (χ0v) is 17.2. The summed E-state index contributed by atoms with van der Waals surface area (Å²) in [6.45, 7) is 5.95. The minimum atomic E-state index is -0.928. The molecule has 8 nitrogen and oxygen atoms in total. The second-order valence-corrected chi connectivity index (χ2v) is 8.52. The molecule has 160 valence electrons. The van der Waals surface area contributed by atoms with Crippen LogP contribution in [0.25, 0.3) is 0 Å². The highest BCUT2D eigenvalue weighted by atomic mass is 16.2. The molecule has 2 atom stereocenters. The number of imide groups is 2. The first kappa shape index (κ1) is 20.7. The molecule has 0 bridgehead atoms. The van der Waals surface area contributed by atoms with Gasteiger partial charge in [-0.05, 0) is 68.4 Å². The number of rotatable bonds is 6. The predicted octanol–water partition coefficient (Wildman–Crippen LogP) is 0.813. The predicted molar refractivity (Wildman–Crippen MR) is 110 cm³/mol. The molecule has 2 fully saturated rings. The van der Waals surface area contributed by atoms with Crippen molar-refractivity contribution in [2.45, 2.75) is 45.2 Å². The van der Waals surface area contributed by atoms with Crippen molar-refractivity contribution in [1.29, 1.82) is 0 Å². The normalized spacial score (nSPS) is 23.5. The van der Waals surface area contributed by atoms with Gasteiger partial charge in [0.15, 0.2) is 0 Å². The molecule has 3 heterocycles. The monoisotopic (exact) mass is 412 g/mol. The summed E-state index contributed by atoms with van der Waals surface area (Å²) >= 11 is 0. The van der Waals surface area contributed by atoms with E-state index in [9.17, 15) is 19.2 Å². The Hall–Kier alpha value is -2.58. The van der Waals surface area contributed by atoms with Crippen LogP contribution in [-0.4, -0.2) is 54.2 Å². The van der Waals surface area contributed by atoms with Crippen molar-refractivity contribution in [3.8, 4) is 0 Å². The van der Waals surface area contributed by atoms with Crippen LogP contribution in [-0.2, 0) is 16.1 Å². The van der Waals surface area contributed by atoms with Crippen LogP contribution in [0.2, 0.25) is 0 Å². The van der Waals surface area contributed by atoms with Gasteiger partial charge in [-0.3, -0.25) is 29.4 Å². The lowest BCUT2D eigenvalue weighted by molar-refractivity contribution is -0.136. The summed E-state index contributed by atoms with van der Waals surface area (Å²) in [5.74, 6) is -0.597. The van der Waals surface area contributed by atoms with Gasteiger partial charge in [0.25, 0.3) is 11.8 Å². The standard InChI is InChI=1S/C22H28N4O4/c1-13(15-6-8-23-9-7-15)11-24-12-14-2-3-16-17(10-14)22(30)26(21(16)29)18-4-5-19(27)25-20(18)28/h2-3,10,13,15,18,23-24H,4-9,11-12H2,1H3,(H,25,27,28). The van der Waals surface area contributed by atoms with Crippen LogP contribution < -0.4 is 16.0 Å². The van der Waals surface area contributed by atoms with Crippen molar-refractivity contribution >= 4 is 23.6 Å². The molecule has 3 aliphatic rings. The molecule has 0 spiro atoms. The van der Waals surface area contributed by atoms with E-state index < -0.39 is 23.8 Å². The number of hydrogen-bond donors (Lipinski definition) is 3. The number of benzene rings is 1. The fraction of sp³-hybridized carbons (Fsp3) is 0.545. The zero-order valence-electron chi connectivity index (χ0n) is 17.2. The Morgan fingerprint density at radius 2 is 1.80 bits per heavy atom. The second-order valence-electron chi connectivity index (χ2n) is 8.52. The Balaban J connectivity index is 1.39. The highest BCUT2D eigenvalue weighted by Gasteiger charge is 2.44. The van der Waals surface area contributed by atoms with E-state index in [1.54, 1.807) is 12.1 Å². The molecule has 1 aromatic rings. The summed E-state index contributed by atoms with van der Waals surface area (Å²) in [6, 6.07) is 4.32. The van der Waals surface area contributed by atoms with Crippen molar-refractivity contribution < 1.29 is 19.2 Å². The Morgan fingerprint density at radius 3 is 2.53 bits per heavy atom. The quantitative estimate of drug-likeness (QED) is 0.597. The summed E-state index contributed by atoms with van der Waals surface area (Å²) < 4.78 is 0. The Labute approximate surface area is 175 Å². The van der Waals surface area contributed by atoms with Gasteiger partial charge in [0, 0.05) is 13.0 Å². The van der Waals surface area contributed by atoms with E-state index in [4.69, 9.17) is 0 Å². The van der Waals surface area contributed by atoms with Crippen LogP contribution in [0.15, 0.2) is 18.2 Å². The molecule has 3 aliphatic heterocycles. The van der Waals surface area contributed by atoms with Crippen molar-refractivity contribution in [2.75, 3.05) is 19.6 Å². The number of nitrogens with zero attached hydrogens (tertiary/aromatic N) is 1. The summed E-state index contributed by atoms with van der Waals surface area (Å²) in [6.07, 6.45) is 2.69. The van der Waals surface area contributed by atoms with E-state index in [0.717, 1.165) is 36.0 Å². The lowest BCUT2D eigenvalue weighted by atomic mass is 9.86. The summed E-state index contributed by atoms with van der Waals surface area (Å²) in [7, 11) is 0. The molecule has 2 unspecified atom stereocenters. The Kier molecular flexibility index (Phi) is 5.97. The molecule has 0 saturated carbocycles. The van der Waals surface area contributed by atoms with Gasteiger partial charge in [0.1, 0.15) is 6.04 Å². The van der Waals surface area contributed by atoms with E-state index in [1.807, 2.05) is 6.07 Å². The fourth-order valence-corrected chi connectivity index (χ4v) is 4.65. The van der Waals surface area contributed by atoms with E-state index in [2.05, 4.69) is 22.9 Å². The molecule has 0 aliphatic carbocycles. The van der Waals surface area contributed by atoms with Crippen LogP contribution >= 0.6 is 0 Å². The lowest BCUT2D eigenvalue weighted by Gasteiger charge is -2.28. The third-order valence-corrected chi connectivity index (χ3v) is 6.49. The van der Waals surface area contributed by atoms with Gasteiger partial charge in [-0.1, -0.05) is 13.0 Å². The Morgan fingerprint density at radius 1 is 1.07 bits per heavy atom. The minimum Gasteiger partial charge on any atom is -0.317 e. The number of fused-ring (bicyclic) bond motifs is 1. The maximum atomic E-state index is 12.9. The fourth-order valence-electron chi connectivity index (χ4n) is 4.65. The van der Waals surface area contributed by atoms with Gasteiger partial charge in [0.05, 0.1) is 11.1 Å². The Bertz CT molecular complexity index is 878. The van der Waals surface area contributed by atoms with E-state index in [0.29, 0.717) is 23.6 Å². The molecule has 2 saturated heterocycles. The highest BCUT2D eigenvalue weighted by Crippen LogP contribution is 2.28. The maximum absolute atomic E-state index is 12.9. The van der Waals surface area contributed by atoms with Crippen LogP contribution in [0, 0.1) is 11.8 Å². The van der Waals surface area contributed by atoms with Gasteiger partial charge in [-0.15, -0.1) is 0 Å². The van der Waals surface area contributed by atoms with Crippen LogP contribution in [0.3, 0.4) is 0 Å². The summed E-state index contributed by atoms with van der Waals surface area (Å²) in [5, 5.41) is 9.07. The number of nitrogens with one attached hydrogen (secondary N) is 3. The molecule has 4 rings (SSSR count). The molecule has 3 N–H and O–H groups in total. The van der Waals surface area contributed by atoms with Crippen LogP contribution in [0.1, 0.15) is 58.9 Å². The molecule has 1 aromatic carbocycles. The molecule has 30 heavy (non-hydrogen) atoms. The summed E-state index contributed by atoms with van der Waals surface area (Å²) in [5.41, 5.74) is 1.57. The third-order valence-electron chi connectivity index (χ3n) is 6.49. The molecule has 4 amide bonds. The van der Waals surface area contributed by atoms with Crippen LogP contribution in [0.5, 0.6) is 0 Å². The third kappa shape index (κ3) is 4.02. The average Bonchev–Trinajstić information content (AvgIpc) is 2.99. The van der Waals surface area contributed by atoms with Crippen molar-refractivity contribution in [3.05, 3.63) is 34.9 Å². The minimum absolute atomic E-state index is 0.119. The lowest BCUT2D eigenvalue weighted by Crippen LogP contribution is -2.54. The smallest absolute Gasteiger partial charge is 0.262 e. The number of carbonyl (C=O) groups is 4. The van der Waals surface area contributed by atoms with Gasteiger partial charge in [0.2, 0.25) is 11.8 Å². The summed E-state index contributed by atoms with van der Waals surface area (Å²) in [4.78, 5) is 50.2. The first-order chi connectivity index (χ1) is 14.5. The molecule has 8 heteroatoms. The van der Waals surface area contributed by atoms with Gasteiger partial charge >= 0.3 is 0 Å². The van der Waals surface area contributed by atoms with Gasteiger partial charge in [-0.25, -0.2) is 0 Å². The largest absolute Gasteiger partial charge is 0.317 e. The zero-order chi connectivity index (χ0) is 21.3. The highest BCUT2D eigenvalue weighted by molar-refractivity contribution is 6.23. The van der Waals surface area contributed by atoms with Crippen LogP contribution in [0.4, 0.5) is 0 Å². The van der Waals surface area contributed by atoms with Crippen molar-refractivity contribution in [2.24, 2.45) is 11.8 Å². The van der Waals surface area contributed by atoms with Gasteiger partial charge in [-0.2, -0.15) is 0 Å². The molecule has 0 radical (unpaired) electrons. The van der Waals surface area contributed by atoms with E-state index in [-0.39, 0.29) is 18.7 Å². The van der Waals surface area contributed by atoms with E-state index in [1.165, 1.54) is 12.8 Å². The average molecular weight is 412 g/mol. The van der Waals surface area contributed by atoms with E-state index >= 15 is 0 Å². The number of piperidine rings is 2. The first-order valence-electron chi connectivity index (χ1n) is 10.7. The first-order valence-corrected chi connectivity index (χ1v) is 10.7. The SMILES string of the molecule is CC(CNCc1ccc2c(c1)C(=O)N(C1CCC(=O)NC1=O)C2=O)C1CCNCC1. The second kappa shape index (κ2) is 8.65. The molecule has 0 aromatic heterocycles. The number of hydrogen-bond acceptors (Lipinski definition) is 6. The number of carbonyl (C=O) groups excluding carboxylic acids is 4. The van der Waals surface area contributed by atoms with Crippen molar-refractivity contribution in [3.63, 3.8) is 0 Å². The maximum Gasteiger partial charge on any atom is 0.262 e. The van der Waals surface area contributed by atoms with Gasteiger partial charge < -0.3 is 10.6 Å². The number of amides is 4. The molecular weight excluding hydrogens is 384 g/mol. The molecular formula is C22H28N4O4.